The number of nitrogens with one attached hydrogen (secondary N) is 2. The standard InChI is InChI=1S/C14H19ClN2O2/c1-10-5-7-14(9-15,8-6-10)17-13(19)11-3-2-4-12(18)16-11/h2-4,10H,5-9H2,1H3,(H,16,18)(H,17,19). The fourth-order valence-corrected chi connectivity index (χ4v) is 2.83. The average Bonchev–Trinajstić information content (AvgIpc) is 2.42. The Morgan fingerprint density at radius 3 is 2.74 bits per heavy atom. The van der Waals surface area contributed by atoms with Gasteiger partial charge in [-0.25, -0.2) is 0 Å². The maximum absolute atomic E-state index is 12.2. The smallest absolute Gasteiger partial charge is 0.268 e. The first-order valence-corrected chi connectivity index (χ1v) is 7.16. The summed E-state index contributed by atoms with van der Waals surface area (Å²) in [6.07, 6.45) is 3.91. The molecule has 19 heavy (non-hydrogen) atoms. The van der Waals surface area contributed by atoms with Crippen LogP contribution in [0.2, 0.25) is 0 Å². The number of aromatic amines is 1. The first kappa shape index (κ1) is 14.1. The number of pyridine rings is 1. The molecule has 104 valence electrons. The summed E-state index contributed by atoms with van der Waals surface area (Å²) in [4.78, 5) is 25.9. The molecule has 0 aromatic carbocycles. The van der Waals surface area contributed by atoms with Crippen LogP contribution in [0.1, 0.15) is 43.1 Å². The number of amides is 1. The summed E-state index contributed by atoms with van der Waals surface area (Å²) >= 11 is 6.06. The minimum atomic E-state index is -0.335. The highest BCUT2D eigenvalue weighted by atomic mass is 35.5. The molecule has 1 aromatic rings. The number of hydrogen-bond donors (Lipinski definition) is 2. The average molecular weight is 283 g/mol. The van der Waals surface area contributed by atoms with E-state index in [4.69, 9.17) is 11.6 Å². The maximum atomic E-state index is 12.2. The quantitative estimate of drug-likeness (QED) is 0.836. The lowest BCUT2D eigenvalue weighted by molar-refractivity contribution is 0.0867. The van der Waals surface area contributed by atoms with Gasteiger partial charge in [-0.2, -0.15) is 0 Å². The minimum absolute atomic E-state index is 0.257. The lowest BCUT2D eigenvalue weighted by atomic mass is 9.78. The number of carbonyl (C=O) groups excluding carboxylic acids is 1. The van der Waals surface area contributed by atoms with Crippen LogP contribution in [0.4, 0.5) is 0 Å². The molecular formula is C14H19ClN2O2. The van der Waals surface area contributed by atoms with Crippen LogP contribution in [-0.2, 0) is 0 Å². The zero-order chi connectivity index (χ0) is 13.9. The van der Waals surface area contributed by atoms with E-state index in [1.165, 1.54) is 6.07 Å². The lowest BCUT2D eigenvalue weighted by Gasteiger charge is -2.38. The Kier molecular flexibility index (Phi) is 4.30. The molecule has 0 spiro atoms. The summed E-state index contributed by atoms with van der Waals surface area (Å²) in [5, 5.41) is 3.01. The van der Waals surface area contributed by atoms with Crippen LogP contribution in [-0.4, -0.2) is 22.3 Å². The van der Waals surface area contributed by atoms with Crippen LogP contribution < -0.4 is 10.9 Å². The molecule has 4 nitrogen and oxygen atoms in total. The van der Waals surface area contributed by atoms with Gasteiger partial charge in [-0.3, -0.25) is 9.59 Å². The van der Waals surface area contributed by atoms with E-state index >= 15 is 0 Å². The molecule has 1 fully saturated rings. The van der Waals surface area contributed by atoms with Gasteiger partial charge in [0.25, 0.3) is 5.91 Å². The predicted octanol–water partition coefficient (Wildman–Crippen LogP) is 2.29. The molecule has 1 aliphatic rings. The normalized spacial score (nSPS) is 26.9. The van der Waals surface area contributed by atoms with Gasteiger partial charge >= 0.3 is 0 Å². The number of rotatable bonds is 3. The van der Waals surface area contributed by atoms with E-state index in [9.17, 15) is 9.59 Å². The van der Waals surface area contributed by atoms with Gasteiger partial charge in [0.05, 0.1) is 5.54 Å². The molecule has 0 unspecified atom stereocenters. The number of hydrogen-bond acceptors (Lipinski definition) is 2. The van der Waals surface area contributed by atoms with Gasteiger partial charge in [0.1, 0.15) is 5.69 Å². The van der Waals surface area contributed by atoms with Gasteiger partial charge < -0.3 is 10.3 Å². The van der Waals surface area contributed by atoms with E-state index < -0.39 is 0 Å². The van der Waals surface area contributed by atoms with E-state index in [2.05, 4.69) is 17.2 Å². The Hall–Kier alpha value is -1.29. The number of halogens is 1. The van der Waals surface area contributed by atoms with E-state index in [-0.39, 0.29) is 22.7 Å². The highest BCUT2D eigenvalue weighted by Gasteiger charge is 2.35. The summed E-state index contributed by atoms with van der Waals surface area (Å²) in [6.45, 7) is 2.22. The van der Waals surface area contributed by atoms with Gasteiger partial charge in [-0.15, -0.1) is 11.6 Å². The molecule has 1 amide bonds. The number of H-pyrrole nitrogens is 1. The van der Waals surface area contributed by atoms with Crippen molar-refractivity contribution in [1.29, 1.82) is 0 Å². The highest BCUT2D eigenvalue weighted by Crippen LogP contribution is 2.32. The maximum Gasteiger partial charge on any atom is 0.268 e. The van der Waals surface area contributed by atoms with Crippen molar-refractivity contribution in [3.05, 3.63) is 34.2 Å². The van der Waals surface area contributed by atoms with Crippen LogP contribution in [0.25, 0.3) is 0 Å². The Balaban J connectivity index is 2.10. The van der Waals surface area contributed by atoms with Crippen molar-refractivity contribution in [3.8, 4) is 0 Å². The second kappa shape index (κ2) is 5.78. The van der Waals surface area contributed by atoms with E-state index in [1.54, 1.807) is 12.1 Å². The summed E-state index contributed by atoms with van der Waals surface area (Å²) in [6, 6.07) is 4.56. The van der Waals surface area contributed by atoms with Crippen LogP contribution in [0.15, 0.2) is 23.0 Å². The topological polar surface area (TPSA) is 62.0 Å². The van der Waals surface area contributed by atoms with Gasteiger partial charge in [0.15, 0.2) is 0 Å². The Morgan fingerprint density at radius 1 is 1.47 bits per heavy atom. The second-order valence-corrected chi connectivity index (χ2v) is 5.75. The largest absolute Gasteiger partial charge is 0.344 e. The fourth-order valence-electron chi connectivity index (χ4n) is 2.50. The zero-order valence-corrected chi connectivity index (χ0v) is 11.8. The van der Waals surface area contributed by atoms with Crippen molar-refractivity contribution < 1.29 is 4.79 Å². The first-order chi connectivity index (χ1) is 9.04. The van der Waals surface area contributed by atoms with Crippen molar-refractivity contribution in [2.75, 3.05) is 5.88 Å². The third kappa shape index (κ3) is 3.38. The number of alkyl halides is 1. The number of aromatic nitrogens is 1. The molecule has 0 aliphatic heterocycles. The Labute approximate surface area is 117 Å². The molecule has 2 N–H and O–H groups in total. The molecule has 1 saturated carbocycles. The van der Waals surface area contributed by atoms with E-state index in [0.717, 1.165) is 25.7 Å². The molecule has 0 radical (unpaired) electrons. The van der Waals surface area contributed by atoms with E-state index in [0.29, 0.717) is 11.8 Å². The SMILES string of the molecule is CC1CCC(CCl)(NC(=O)c2cccc(=O)[nH]2)CC1. The van der Waals surface area contributed by atoms with Gasteiger partial charge in [-0.1, -0.05) is 13.0 Å². The first-order valence-electron chi connectivity index (χ1n) is 6.62. The Bertz CT molecular complexity index is 504. The van der Waals surface area contributed by atoms with Crippen molar-refractivity contribution in [2.24, 2.45) is 5.92 Å². The van der Waals surface area contributed by atoms with Crippen LogP contribution in [0.3, 0.4) is 0 Å². The van der Waals surface area contributed by atoms with Crippen molar-refractivity contribution in [1.82, 2.24) is 10.3 Å². The molecule has 2 rings (SSSR count). The molecule has 0 atom stereocenters. The van der Waals surface area contributed by atoms with Gasteiger partial charge in [0.2, 0.25) is 5.56 Å². The second-order valence-electron chi connectivity index (χ2n) is 5.48. The highest BCUT2D eigenvalue weighted by molar-refractivity contribution is 6.19. The molecule has 1 heterocycles. The van der Waals surface area contributed by atoms with E-state index in [1.807, 2.05) is 0 Å². The third-order valence-corrected chi connectivity index (χ3v) is 4.39. The van der Waals surface area contributed by atoms with Crippen molar-refractivity contribution in [2.45, 2.75) is 38.1 Å². The zero-order valence-electron chi connectivity index (χ0n) is 11.0. The van der Waals surface area contributed by atoms with Crippen LogP contribution in [0, 0.1) is 5.92 Å². The molecule has 1 aliphatic carbocycles. The molecule has 0 bridgehead atoms. The number of carbonyl (C=O) groups is 1. The molecular weight excluding hydrogens is 264 g/mol. The molecule has 0 saturated heterocycles. The lowest BCUT2D eigenvalue weighted by Crippen LogP contribution is -2.52. The van der Waals surface area contributed by atoms with Crippen molar-refractivity contribution in [3.63, 3.8) is 0 Å². The third-order valence-electron chi connectivity index (χ3n) is 3.88. The van der Waals surface area contributed by atoms with Gasteiger partial charge in [-0.05, 0) is 37.7 Å². The van der Waals surface area contributed by atoms with Crippen LogP contribution in [0.5, 0.6) is 0 Å². The molecule has 1 aromatic heterocycles. The summed E-state index contributed by atoms with van der Waals surface area (Å²) in [7, 11) is 0. The van der Waals surface area contributed by atoms with Crippen LogP contribution >= 0.6 is 11.6 Å². The molecule has 5 heteroatoms. The summed E-state index contributed by atoms with van der Waals surface area (Å²) in [5.41, 5.74) is -0.321. The summed E-state index contributed by atoms with van der Waals surface area (Å²) in [5.74, 6) is 0.834. The van der Waals surface area contributed by atoms with Crippen molar-refractivity contribution >= 4 is 17.5 Å². The predicted molar refractivity (Wildman–Crippen MR) is 75.6 cm³/mol. The summed E-state index contributed by atoms with van der Waals surface area (Å²) < 4.78 is 0. The minimum Gasteiger partial charge on any atom is -0.344 e. The monoisotopic (exact) mass is 282 g/mol. The Morgan fingerprint density at radius 2 is 2.16 bits per heavy atom. The fraction of sp³-hybridized carbons (Fsp3) is 0.571. The van der Waals surface area contributed by atoms with Gasteiger partial charge in [0, 0.05) is 11.9 Å².